The first kappa shape index (κ1) is 18.0. The number of hydrogen-bond donors (Lipinski definition) is 1. The Morgan fingerprint density at radius 1 is 0.964 bits per heavy atom. The molecule has 4 rings (SSSR count). The molecule has 0 radical (unpaired) electrons. The summed E-state index contributed by atoms with van der Waals surface area (Å²) in [5.41, 5.74) is 2.21. The first-order valence-electron chi connectivity index (χ1n) is 8.78. The lowest BCUT2D eigenvalue weighted by Crippen LogP contribution is -2.12. The fraction of sp³-hybridized carbons (Fsp3) is 0.0435. The Bertz CT molecular complexity index is 1160. The first-order chi connectivity index (χ1) is 13.6. The van der Waals surface area contributed by atoms with Crippen molar-refractivity contribution in [3.63, 3.8) is 0 Å². The lowest BCUT2D eigenvalue weighted by molar-refractivity contribution is 0.102. The predicted octanol–water partition coefficient (Wildman–Crippen LogP) is 6.24. The van der Waals surface area contributed by atoms with E-state index in [0.717, 1.165) is 16.3 Å². The third-order valence-corrected chi connectivity index (χ3v) is 4.82. The van der Waals surface area contributed by atoms with Gasteiger partial charge in [0.2, 0.25) is 0 Å². The van der Waals surface area contributed by atoms with Crippen LogP contribution in [-0.2, 0) is 0 Å². The van der Waals surface area contributed by atoms with Crippen molar-refractivity contribution in [3.05, 3.63) is 95.3 Å². The number of anilines is 1. The summed E-state index contributed by atoms with van der Waals surface area (Å²) in [4.78, 5) is 16.8. The van der Waals surface area contributed by atoms with Crippen LogP contribution in [0.3, 0.4) is 0 Å². The van der Waals surface area contributed by atoms with Gasteiger partial charge in [-0.05, 0) is 71.8 Å². The van der Waals surface area contributed by atoms with Gasteiger partial charge in [-0.25, -0.2) is 0 Å². The number of fused-ring (bicyclic) bond motifs is 1. The molecule has 1 N–H and O–H groups in total. The number of halogens is 1. The fourth-order valence-corrected chi connectivity index (χ4v) is 3.12. The van der Waals surface area contributed by atoms with Gasteiger partial charge in [0.15, 0.2) is 0 Å². The first-order valence-corrected chi connectivity index (χ1v) is 9.16. The van der Waals surface area contributed by atoms with Crippen LogP contribution < -0.4 is 10.1 Å². The highest BCUT2D eigenvalue weighted by molar-refractivity contribution is 6.31. The van der Waals surface area contributed by atoms with E-state index in [1.807, 2.05) is 49.4 Å². The van der Waals surface area contributed by atoms with Gasteiger partial charge in [-0.2, -0.15) is 0 Å². The van der Waals surface area contributed by atoms with Gasteiger partial charge in [0.05, 0.1) is 0 Å². The van der Waals surface area contributed by atoms with Crippen molar-refractivity contribution < 1.29 is 9.53 Å². The van der Waals surface area contributed by atoms with E-state index in [2.05, 4.69) is 10.3 Å². The number of ether oxygens (including phenoxy) is 1. The second-order valence-electron chi connectivity index (χ2n) is 6.39. The molecule has 0 spiro atoms. The number of pyridine rings is 1. The maximum absolute atomic E-state index is 12.8. The average Bonchev–Trinajstić information content (AvgIpc) is 2.71. The molecule has 0 saturated heterocycles. The van der Waals surface area contributed by atoms with Crippen LogP contribution in [0.4, 0.5) is 5.69 Å². The Morgan fingerprint density at radius 3 is 2.57 bits per heavy atom. The van der Waals surface area contributed by atoms with Crippen molar-refractivity contribution in [2.24, 2.45) is 0 Å². The van der Waals surface area contributed by atoms with E-state index >= 15 is 0 Å². The van der Waals surface area contributed by atoms with Gasteiger partial charge in [-0.15, -0.1) is 0 Å². The molecule has 4 nitrogen and oxygen atoms in total. The lowest BCUT2D eigenvalue weighted by atomic mass is 10.0. The van der Waals surface area contributed by atoms with Gasteiger partial charge < -0.3 is 10.1 Å². The molecular weight excluding hydrogens is 372 g/mol. The van der Waals surface area contributed by atoms with E-state index in [1.54, 1.807) is 36.7 Å². The molecule has 0 unspecified atom stereocenters. The molecule has 0 aliphatic heterocycles. The van der Waals surface area contributed by atoms with Crippen LogP contribution in [0.5, 0.6) is 11.5 Å². The van der Waals surface area contributed by atoms with Crippen molar-refractivity contribution in [2.75, 3.05) is 5.32 Å². The third-order valence-electron chi connectivity index (χ3n) is 4.41. The summed E-state index contributed by atoms with van der Waals surface area (Å²) < 4.78 is 5.85. The maximum atomic E-state index is 12.8. The van der Waals surface area contributed by atoms with E-state index < -0.39 is 0 Å². The quantitative estimate of drug-likeness (QED) is 0.450. The van der Waals surface area contributed by atoms with Gasteiger partial charge in [0, 0.05) is 28.7 Å². The van der Waals surface area contributed by atoms with Gasteiger partial charge in [0.25, 0.3) is 5.91 Å². The molecule has 0 saturated carbocycles. The van der Waals surface area contributed by atoms with Crippen molar-refractivity contribution in [1.82, 2.24) is 4.98 Å². The van der Waals surface area contributed by atoms with E-state index in [1.165, 1.54) is 0 Å². The molecule has 0 atom stereocenters. The number of aryl methyl sites for hydroxylation is 1. The summed E-state index contributed by atoms with van der Waals surface area (Å²) in [6.07, 6.45) is 3.35. The van der Waals surface area contributed by atoms with Crippen molar-refractivity contribution >= 4 is 34.0 Å². The minimum absolute atomic E-state index is 0.187. The minimum Gasteiger partial charge on any atom is -0.457 e. The zero-order chi connectivity index (χ0) is 19.5. The SMILES string of the molecule is Cc1ccc(NC(=O)c2cccc3cc(Oc4ccncc4)ccc23)cc1Cl. The number of nitrogens with one attached hydrogen (secondary N) is 1. The highest BCUT2D eigenvalue weighted by Crippen LogP contribution is 2.28. The second-order valence-corrected chi connectivity index (χ2v) is 6.80. The number of amides is 1. The van der Waals surface area contributed by atoms with Crippen LogP contribution in [0.15, 0.2) is 79.1 Å². The Morgan fingerprint density at radius 2 is 1.79 bits per heavy atom. The van der Waals surface area contributed by atoms with E-state index in [4.69, 9.17) is 16.3 Å². The summed E-state index contributed by atoms with van der Waals surface area (Å²) in [5, 5.41) is 5.30. The Hall–Kier alpha value is -3.37. The molecule has 5 heteroatoms. The van der Waals surface area contributed by atoms with E-state index in [0.29, 0.717) is 27.8 Å². The van der Waals surface area contributed by atoms with Crippen molar-refractivity contribution in [1.29, 1.82) is 0 Å². The number of rotatable bonds is 4. The predicted molar refractivity (Wildman–Crippen MR) is 112 cm³/mol. The normalized spacial score (nSPS) is 10.6. The minimum atomic E-state index is -0.187. The number of benzene rings is 3. The Kier molecular flexibility index (Phi) is 4.96. The summed E-state index contributed by atoms with van der Waals surface area (Å²) in [5.74, 6) is 1.22. The molecule has 28 heavy (non-hydrogen) atoms. The second kappa shape index (κ2) is 7.71. The molecule has 0 aliphatic carbocycles. The third kappa shape index (κ3) is 3.82. The molecule has 4 aromatic rings. The molecule has 1 aromatic heterocycles. The number of carbonyl (C=O) groups excluding carboxylic acids is 1. The summed E-state index contributed by atoms with van der Waals surface area (Å²) in [7, 11) is 0. The average molecular weight is 389 g/mol. The summed E-state index contributed by atoms with van der Waals surface area (Å²) >= 11 is 6.15. The summed E-state index contributed by atoms with van der Waals surface area (Å²) in [6.45, 7) is 1.92. The molecule has 0 fully saturated rings. The van der Waals surface area contributed by atoms with E-state index in [9.17, 15) is 4.79 Å². The lowest BCUT2D eigenvalue weighted by Gasteiger charge is -2.11. The van der Waals surface area contributed by atoms with Crippen LogP contribution in [0.1, 0.15) is 15.9 Å². The van der Waals surface area contributed by atoms with Gasteiger partial charge >= 0.3 is 0 Å². The van der Waals surface area contributed by atoms with Crippen LogP contribution >= 0.6 is 11.6 Å². The van der Waals surface area contributed by atoms with Crippen LogP contribution in [0.25, 0.3) is 10.8 Å². The molecule has 138 valence electrons. The maximum Gasteiger partial charge on any atom is 0.256 e. The summed E-state index contributed by atoms with van der Waals surface area (Å²) in [6, 6.07) is 20.3. The number of carbonyl (C=O) groups is 1. The molecule has 0 bridgehead atoms. The molecule has 1 amide bonds. The molecular formula is C23H17ClN2O2. The highest BCUT2D eigenvalue weighted by atomic mass is 35.5. The smallest absolute Gasteiger partial charge is 0.256 e. The van der Waals surface area contributed by atoms with Gasteiger partial charge in [-0.3, -0.25) is 9.78 Å². The largest absolute Gasteiger partial charge is 0.457 e. The highest BCUT2D eigenvalue weighted by Gasteiger charge is 2.12. The number of hydrogen-bond acceptors (Lipinski definition) is 3. The topological polar surface area (TPSA) is 51.2 Å². The zero-order valence-electron chi connectivity index (χ0n) is 15.1. The van der Waals surface area contributed by atoms with Gasteiger partial charge in [0.1, 0.15) is 11.5 Å². The van der Waals surface area contributed by atoms with Crippen LogP contribution in [0, 0.1) is 6.92 Å². The van der Waals surface area contributed by atoms with Crippen molar-refractivity contribution in [2.45, 2.75) is 6.92 Å². The van der Waals surface area contributed by atoms with E-state index in [-0.39, 0.29) is 5.91 Å². The zero-order valence-corrected chi connectivity index (χ0v) is 15.9. The fourth-order valence-electron chi connectivity index (χ4n) is 2.93. The monoisotopic (exact) mass is 388 g/mol. The number of nitrogens with zero attached hydrogens (tertiary/aromatic N) is 1. The Balaban J connectivity index is 1.62. The molecule has 3 aromatic carbocycles. The van der Waals surface area contributed by atoms with Crippen molar-refractivity contribution in [3.8, 4) is 11.5 Å². The van der Waals surface area contributed by atoms with Gasteiger partial charge in [-0.1, -0.05) is 29.8 Å². The molecule has 0 aliphatic rings. The molecule has 1 heterocycles. The van der Waals surface area contributed by atoms with Crippen LogP contribution in [0.2, 0.25) is 5.02 Å². The number of aromatic nitrogens is 1. The Labute approximate surface area is 167 Å². The standard InChI is InChI=1S/C23H17ClN2O2/c1-15-5-6-17(14-22(15)24)26-23(27)21-4-2-3-16-13-19(7-8-20(16)21)28-18-9-11-25-12-10-18/h2-14H,1H3,(H,26,27). The van der Waals surface area contributed by atoms with Crippen LogP contribution in [-0.4, -0.2) is 10.9 Å².